The van der Waals surface area contributed by atoms with Crippen LogP contribution in [0.3, 0.4) is 0 Å². The Morgan fingerprint density at radius 3 is 2.82 bits per heavy atom. The van der Waals surface area contributed by atoms with Gasteiger partial charge in [0, 0.05) is 24.9 Å². The van der Waals surface area contributed by atoms with Gasteiger partial charge < -0.3 is 15.2 Å². The lowest BCUT2D eigenvalue weighted by Crippen LogP contribution is -2.10. The Kier molecular flexibility index (Phi) is 3.34. The zero-order valence-corrected chi connectivity index (χ0v) is 11.9. The van der Waals surface area contributed by atoms with Crippen molar-refractivity contribution in [3.8, 4) is 28.5 Å². The van der Waals surface area contributed by atoms with Crippen molar-refractivity contribution in [2.45, 2.75) is 6.92 Å². The van der Waals surface area contributed by atoms with Crippen LogP contribution < -0.4 is 15.6 Å². The van der Waals surface area contributed by atoms with Crippen LogP contribution in [0.2, 0.25) is 0 Å². The normalized spacial score (nSPS) is 10.6. The second kappa shape index (κ2) is 5.32. The molecule has 2 aliphatic rings. The van der Waals surface area contributed by atoms with Gasteiger partial charge in [-0.3, -0.25) is 14.7 Å². The molecule has 3 N–H and O–H groups in total. The van der Waals surface area contributed by atoms with Crippen LogP contribution in [0, 0.1) is 0 Å². The van der Waals surface area contributed by atoms with Crippen molar-refractivity contribution < 1.29 is 9.53 Å². The smallest absolute Gasteiger partial charge is 0.290 e. The van der Waals surface area contributed by atoms with Crippen molar-refractivity contribution >= 4 is 11.6 Å². The number of H-pyrrole nitrogens is 2. The van der Waals surface area contributed by atoms with Crippen LogP contribution in [0.15, 0.2) is 29.2 Å². The molecule has 0 unspecified atom stereocenters. The van der Waals surface area contributed by atoms with Gasteiger partial charge in [0.1, 0.15) is 11.4 Å². The fourth-order valence-corrected chi connectivity index (χ4v) is 2.13. The summed E-state index contributed by atoms with van der Waals surface area (Å²) >= 11 is 0. The minimum atomic E-state index is -0.343. The fourth-order valence-electron chi connectivity index (χ4n) is 2.13. The van der Waals surface area contributed by atoms with Gasteiger partial charge in [0.25, 0.3) is 5.56 Å². The van der Waals surface area contributed by atoms with E-state index in [4.69, 9.17) is 4.74 Å². The average molecular weight is 299 g/mol. The first-order chi connectivity index (χ1) is 10.6. The summed E-state index contributed by atoms with van der Waals surface area (Å²) in [5.74, 6) is 0.709. The number of amides is 1. The third-order valence-corrected chi connectivity index (χ3v) is 3.06. The molecule has 1 aromatic carbocycles. The monoisotopic (exact) mass is 299 g/mol. The predicted octanol–water partition coefficient (Wildman–Crippen LogP) is 1.23. The summed E-state index contributed by atoms with van der Waals surface area (Å²) in [5, 5.41) is 7.72. The summed E-state index contributed by atoms with van der Waals surface area (Å²) in [7, 11) is 1.51. The molecule has 8 nitrogen and oxygen atoms in total. The van der Waals surface area contributed by atoms with Crippen LogP contribution >= 0.6 is 0 Å². The molecule has 0 bridgehead atoms. The number of carbonyl (C=O) groups is 1. The van der Waals surface area contributed by atoms with Crippen molar-refractivity contribution in [2.24, 2.45) is 0 Å². The molecule has 8 heteroatoms. The van der Waals surface area contributed by atoms with Crippen LogP contribution in [0.4, 0.5) is 5.69 Å². The Bertz CT molecular complexity index is 867. The second-order valence-electron chi connectivity index (χ2n) is 4.62. The highest BCUT2D eigenvalue weighted by molar-refractivity contribution is 5.89. The number of methoxy groups -OCH3 is 1. The van der Waals surface area contributed by atoms with Crippen LogP contribution in [0.5, 0.6) is 5.75 Å². The number of hydrogen-bond donors (Lipinski definition) is 3. The molecule has 0 saturated heterocycles. The van der Waals surface area contributed by atoms with Crippen molar-refractivity contribution in [3.63, 3.8) is 0 Å². The number of ether oxygens (including phenoxy) is 1. The number of rotatable bonds is 3. The number of imidazole rings is 1. The molecule has 2 heterocycles. The summed E-state index contributed by atoms with van der Waals surface area (Å²) in [5.41, 5.74) is 1.61. The van der Waals surface area contributed by atoms with E-state index in [9.17, 15) is 9.59 Å². The van der Waals surface area contributed by atoms with E-state index >= 15 is 0 Å². The third-order valence-electron chi connectivity index (χ3n) is 3.06. The highest BCUT2D eigenvalue weighted by Gasteiger charge is 2.18. The second-order valence-corrected chi connectivity index (χ2v) is 4.62. The Labute approximate surface area is 124 Å². The molecule has 0 atom stereocenters. The third kappa shape index (κ3) is 2.41. The van der Waals surface area contributed by atoms with Gasteiger partial charge >= 0.3 is 0 Å². The summed E-state index contributed by atoms with van der Waals surface area (Å²) in [4.78, 5) is 31.3. The molecule has 0 aliphatic carbocycles. The quantitative estimate of drug-likeness (QED) is 0.673. The van der Waals surface area contributed by atoms with Gasteiger partial charge in [-0.25, -0.2) is 9.97 Å². The van der Waals surface area contributed by atoms with Crippen molar-refractivity contribution in [1.29, 1.82) is 0 Å². The summed E-state index contributed by atoms with van der Waals surface area (Å²) in [6.07, 6.45) is 1.56. The molecule has 1 aromatic rings. The van der Waals surface area contributed by atoms with Gasteiger partial charge in [-0.15, -0.1) is 0 Å². The number of nitrogens with one attached hydrogen (secondary N) is 3. The molecule has 22 heavy (non-hydrogen) atoms. The number of benzene rings is 1. The number of carbonyl (C=O) groups excluding carboxylic acids is 1. The molecule has 3 rings (SSSR count). The molecular formula is C14H13N5O3. The molecule has 0 aromatic heterocycles. The molecule has 2 aliphatic heterocycles. The van der Waals surface area contributed by atoms with Crippen LogP contribution in [-0.4, -0.2) is 33.2 Å². The van der Waals surface area contributed by atoms with E-state index in [2.05, 4.69) is 25.5 Å². The Morgan fingerprint density at radius 1 is 1.32 bits per heavy atom. The van der Waals surface area contributed by atoms with E-state index in [1.54, 1.807) is 24.4 Å². The van der Waals surface area contributed by atoms with Crippen molar-refractivity contribution in [1.82, 2.24) is 20.2 Å². The van der Waals surface area contributed by atoms with E-state index in [-0.39, 0.29) is 17.2 Å². The molecular weight excluding hydrogens is 286 g/mol. The van der Waals surface area contributed by atoms with Crippen LogP contribution in [0.1, 0.15) is 6.92 Å². The van der Waals surface area contributed by atoms with Crippen LogP contribution in [-0.2, 0) is 4.79 Å². The molecule has 0 saturated carbocycles. The van der Waals surface area contributed by atoms with Gasteiger partial charge in [0.2, 0.25) is 5.91 Å². The first kappa shape index (κ1) is 13.8. The zero-order chi connectivity index (χ0) is 15.7. The first-order valence-corrected chi connectivity index (χ1v) is 6.48. The zero-order valence-electron chi connectivity index (χ0n) is 11.9. The minimum absolute atomic E-state index is 0.174. The van der Waals surface area contributed by atoms with Crippen molar-refractivity contribution in [2.75, 3.05) is 12.4 Å². The molecule has 0 radical (unpaired) electrons. The maximum atomic E-state index is 11.7. The van der Waals surface area contributed by atoms with Gasteiger partial charge in [-0.05, 0) is 12.1 Å². The fraction of sp³-hybridized carbons (Fsp3) is 0.143. The van der Waals surface area contributed by atoms with E-state index in [0.717, 1.165) is 0 Å². The molecule has 112 valence electrons. The number of anilines is 1. The number of aromatic nitrogens is 4. The average Bonchev–Trinajstić information content (AvgIpc) is 2.92. The maximum Gasteiger partial charge on any atom is 0.290 e. The number of fused-ring (bicyclic) bond motifs is 1. The van der Waals surface area contributed by atoms with E-state index < -0.39 is 0 Å². The van der Waals surface area contributed by atoms with Gasteiger partial charge in [0.05, 0.1) is 12.7 Å². The summed E-state index contributed by atoms with van der Waals surface area (Å²) in [6.45, 7) is 1.43. The lowest BCUT2D eigenvalue weighted by molar-refractivity contribution is -0.114. The highest BCUT2D eigenvalue weighted by Crippen LogP contribution is 2.32. The Morgan fingerprint density at radius 2 is 2.14 bits per heavy atom. The molecule has 0 fully saturated rings. The minimum Gasteiger partial charge on any atom is -0.496 e. The highest BCUT2D eigenvalue weighted by atomic mass is 16.5. The van der Waals surface area contributed by atoms with Gasteiger partial charge in [0.15, 0.2) is 11.5 Å². The standard InChI is InChI=1S/C14H13N5O3/c1-7(20)16-8-3-4-9(11(5-8)22-2)13-17-10-6-15-19-14(21)12(10)18-13/h3-6,15H,1-2H3,(H,16,20)(H,19,21). The van der Waals surface area contributed by atoms with Crippen LogP contribution in [0.25, 0.3) is 22.8 Å². The first-order valence-electron chi connectivity index (χ1n) is 6.48. The molecule has 1 amide bonds. The Balaban J connectivity index is 2.10. The van der Waals surface area contributed by atoms with E-state index in [0.29, 0.717) is 28.5 Å². The predicted molar refractivity (Wildman–Crippen MR) is 79.9 cm³/mol. The lowest BCUT2D eigenvalue weighted by Gasteiger charge is -2.08. The number of hydrogen-bond acceptors (Lipinski definition) is 5. The summed E-state index contributed by atoms with van der Waals surface area (Å²) < 4.78 is 5.32. The lowest BCUT2D eigenvalue weighted by atomic mass is 10.1. The van der Waals surface area contributed by atoms with Crippen molar-refractivity contribution in [3.05, 3.63) is 34.7 Å². The van der Waals surface area contributed by atoms with E-state index in [1.807, 2.05) is 0 Å². The van der Waals surface area contributed by atoms with Gasteiger partial charge in [-0.1, -0.05) is 0 Å². The van der Waals surface area contributed by atoms with E-state index in [1.165, 1.54) is 14.0 Å². The number of aromatic amines is 2. The topological polar surface area (TPSA) is 113 Å². The largest absolute Gasteiger partial charge is 0.496 e. The van der Waals surface area contributed by atoms with Gasteiger partial charge in [-0.2, -0.15) is 0 Å². The summed E-state index contributed by atoms with van der Waals surface area (Å²) in [6, 6.07) is 5.13. The number of nitrogens with zero attached hydrogens (tertiary/aromatic N) is 2. The maximum absolute atomic E-state index is 11.7. The molecule has 0 spiro atoms. The Hall–Kier alpha value is -3.16. The SMILES string of the molecule is COc1cc(NC(C)=O)ccc1-c1nc2c[nH][nH]c(=O)c-2n1.